The second kappa shape index (κ2) is 8.77. The molecule has 0 bridgehead atoms. The van der Waals surface area contributed by atoms with Gasteiger partial charge >= 0.3 is 0 Å². The standard InChI is InChI=1S/C18H23N3O5S/c1-12(13-4-5-16(25-2)17(8-13)26-3)21-18(22)14(9-19)10-20-15-6-7-27(23,24)11-15/h4-5,8,10,12,15,20H,6-7,11H2,1-3H3,(H,21,22)/b14-10-. The van der Waals surface area contributed by atoms with E-state index in [4.69, 9.17) is 9.47 Å². The molecule has 1 saturated heterocycles. The maximum Gasteiger partial charge on any atom is 0.263 e. The van der Waals surface area contributed by atoms with Crippen molar-refractivity contribution in [3.8, 4) is 17.6 Å². The quantitative estimate of drug-likeness (QED) is 0.525. The Kier molecular flexibility index (Phi) is 6.69. The lowest BCUT2D eigenvalue weighted by atomic mass is 10.1. The number of hydrogen-bond donors (Lipinski definition) is 2. The lowest BCUT2D eigenvalue weighted by Crippen LogP contribution is -2.30. The molecule has 0 aromatic heterocycles. The number of sulfone groups is 1. The fourth-order valence-electron chi connectivity index (χ4n) is 2.76. The van der Waals surface area contributed by atoms with E-state index in [1.807, 2.05) is 6.07 Å². The van der Waals surface area contributed by atoms with E-state index in [2.05, 4.69) is 10.6 Å². The molecule has 1 fully saturated rings. The molecule has 1 heterocycles. The Balaban J connectivity index is 2.03. The van der Waals surface area contributed by atoms with Crippen molar-refractivity contribution in [1.29, 1.82) is 5.26 Å². The Morgan fingerprint density at radius 1 is 1.33 bits per heavy atom. The zero-order valence-electron chi connectivity index (χ0n) is 15.5. The van der Waals surface area contributed by atoms with Gasteiger partial charge in [0.2, 0.25) is 0 Å². The molecule has 1 aliphatic rings. The average molecular weight is 393 g/mol. The van der Waals surface area contributed by atoms with Crippen molar-refractivity contribution in [2.75, 3.05) is 25.7 Å². The van der Waals surface area contributed by atoms with Gasteiger partial charge in [-0.25, -0.2) is 8.42 Å². The van der Waals surface area contributed by atoms with Crippen molar-refractivity contribution in [3.63, 3.8) is 0 Å². The average Bonchev–Trinajstić information content (AvgIpc) is 3.00. The maximum atomic E-state index is 12.4. The zero-order valence-corrected chi connectivity index (χ0v) is 16.3. The first-order chi connectivity index (χ1) is 12.8. The van der Waals surface area contributed by atoms with Crippen molar-refractivity contribution in [1.82, 2.24) is 10.6 Å². The molecule has 0 spiro atoms. The predicted molar refractivity (Wildman–Crippen MR) is 100.0 cm³/mol. The maximum absolute atomic E-state index is 12.4. The number of carbonyl (C=O) groups excluding carboxylic acids is 1. The second-order valence-corrected chi connectivity index (χ2v) is 8.47. The Morgan fingerprint density at radius 2 is 2.04 bits per heavy atom. The summed E-state index contributed by atoms with van der Waals surface area (Å²) in [7, 11) is 0.0260. The van der Waals surface area contributed by atoms with E-state index in [0.717, 1.165) is 5.56 Å². The van der Waals surface area contributed by atoms with E-state index >= 15 is 0 Å². The molecule has 1 aromatic carbocycles. The SMILES string of the molecule is COc1ccc(C(C)NC(=O)/C(C#N)=C\NC2CCS(=O)(=O)C2)cc1OC. The molecule has 2 N–H and O–H groups in total. The summed E-state index contributed by atoms with van der Waals surface area (Å²) >= 11 is 0. The van der Waals surface area contributed by atoms with Crippen LogP contribution in [0.4, 0.5) is 0 Å². The van der Waals surface area contributed by atoms with Crippen molar-refractivity contribution >= 4 is 15.7 Å². The highest BCUT2D eigenvalue weighted by Gasteiger charge is 2.27. The summed E-state index contributed by atoms with van der Waals surface area (Å²) in [5.74, 6) is 0.687. The topological polar surface area (TPSA) is 118 Å². The summed E-state index contributed by atoms with van der Waals surface area (Å²) in [6.07, 6.45) is 1.74. The van der Waals surface area contributed by atoms with E-state index in [1.165, 1.54) is 20.4 Å². The van der Waals surface area contributed by atoms with Crippen LogP contribution in [0.2, 0.25) is 0 Å². The van der Waals surface area contributed by atoms with Gasteiger partial charge in [-0.15, -0.1) is 0 Å². The van der Waals surface area contributed by atoms with Crippen LogP contribution in [0.25, 0.3) is 0 Å². The van der Waals surface area contributed by atoms with E-state index in [-0.39, 0.29) is 29.2 Å². The number of rotatable bonds is 7. The van der Waals surface area contributed by atoms with Crippen LogP contribution in [0.5, 0.6) is 11.5 Å². The van der Waals surface area contributed by atoms with Gasteiger partial charge in [-0.3, -0.25) is 4.79 Å². The van der Waals surface area contributed by atoms with Gasteiger partial charge in [-0.2, -0.15) is 5.26 Å². The normalized spacial score (nSPS) is 19.6. The van der Waals surface area contributed by atoms with Crippen LogP contribution in [0, 0.1) is 11.3 Å². The Labute approximate surface area is 159 Å². The molecule has 27 heavy (non-hydrogen) atoms. The van der Waals surface area contributed by atoms with Crippen LogP contribution in [-0.2, 0) is 14.6 Å². The second-order valence-electron chi connectivity index (χ2n) is 6.25. The van der Waals surface area contributed by atoms with Crippen LogP contribution in [0.3, 0.4) is 0 Å². The molecule has 146 valence electrons. The molecular formula is C18H23N3O5S. The first-order valence-electron chi connectivity index (χ1n) is 8.39. The summed E-state index contributed by atoms with van der Waals surface area (Å²) in [6.45, 7) is 1.78. The predicted octanol–water partition coefficient (Wildman–Crippen LogP) is 1.07. The third-order valence-corrected chi connectivity index (χ3v) is 6.08. The number of methoxy groups -OCH3 is 2. The minimum atomic E-state index is -3.04. The molecule has 0 saturated carbocycles. The van der Waals surface area contributed by atoms with Crippen LogP contribution in [-0.4, -0.2) is 46.1 Å². The number of carbonyl (C=O) groups is 1. The lowest BCUT2D eigenvalue weighted by Gasteiger charge is -2.16. The monoisotopic (exact) mass is 393 g/mol. The van der Waals surface area contributed by atoms with Gasteiger partial charge in [-0.1, -0.05) is 6.07 Å². The smallest absolute Gasteiger partial charge is 0.263 e. The van der Waals surface area contributed by atoms with Crippen LogP contribution < -0.4 is 20.1 Å². The highest BCUT2D eigenvalue weighted by Crippen LogP contribution is 2.29. The number of benzene rings is 1. The largest absolute Gasteiger partial charge is 0.493 e. The summed E-state index contributed by atoms with van der Waals surface area (Å²) in [6, 6.07) is 6.46. The molecule has 2 rings (SSSR count). The van der Waals surface area contributed by atoms with Gasteiger partial charge < -0.3 is 20.1 Å². The number of nitriles is 1. The first-order valence-corrected chi connectivity index (χ1v) is 10.2. The number of hydrogen-bond acceptors (Lipinski definition) is 7. The highest BCUT2D eigenvalue weighted by atomic mass is 32.2. The summed E-state index contributed by atoms with van der Waals surface area (Å²) < 4.78 is 33.4. The van der Waals surface area contributed by atoms with Gasteiger partial charge in [-0.05, 0) is 31.0 Å². The van der Waals surface area contributed by atoms with Gasteiger partial charge in [0.1, 0.15) is 11.6 Å². The van der Waals surface area contributed by atoms with E-state index < -0.39 is 15.7 Å². The number of nitrogens with zero attached hydrogens (tertiary/aromatic N) is 1. The molecule has 1 aromatic rings. The van der Waals surface area contributed by atoms with Gasteiger partial charge in [0.05, 0.1) is 31.8 Å². The Bertz CT molecular complexity index is 873. The molecule has 2 unspecified atom stereocenters. The van der Waals surface area contributed by atoms with E-state index in [9.17, 15) is 18.5 Å². The summed E-state index contributed by atoms with van der Waals surface area (Å²) in [5, 5.41) is 14.8. The van der Waals surface area contributed by atoms with Crippen LogP contribution in [0.1, 0.15) is 24.9 Å². The third kappa shape index (κ3) is 5.37. The minimum absolute atomic E-state index is 0.00583. The molecular weight excluding hydrogens is 370 g/mol. The van der Waals surface area contributed by atoms with E-state index in [0.29, 0.717) is 17.9 Å². The molecule has 0 aliphatic carbocycles. The first kappa shape index (κ1) is 20.6. The molecule has 1 amide bonds. The number of ether oxygens (including phenoxy) is 2. The molecule has 9 heteroatoms. The van der Waals surface area contributed by atoms with Crippen molar-refractivity contribution < 1.29 is 22.7 Å². The fourth-order valence-corrected chi connectivity index (χ4v) is 4.44. The third-order valence-electron chi connectivity index (χ3n) is 4.32. The molecule has 1 aliphatic heterocycles. The highest BCUT2D eigenvalue weighted by molar-refractivity contribution is 7.91. The zero-order chi connectivity index (χ0) is 20.0. The molecule has 0 radical (unpaired) electrons. The Hall–Kier alpha value is -2.73. The Morgan fingerprint density at radius 3 is 2.59 bits per heavy atom. The summed E-state index contributed by atoms with van der Waals surface area (Å²) in [5.41, 5.74) is 0.666. The number of amides is 1. The van der Waals surface area contributed by atoms with E-state index in [1.54, 1.807) is 25.1 Å². The molecule has 2 atom stereocenters. The van der Waals surface area contributed by atoms with Crippen molar-refractivity contribution in [2.45, 2.75) is 25.4 Å². The van der Waals surface area contributed by atoms with Crippen LogP contribution >= 0.6 is 0 Å². The van der Waals surface area contributed by atoms with Crippen molar-refractivity contribution in [2.24, 2.45) is 0 Å². The van der Waals surface area contributed by atoms with Gasteiger partial charge in [0.15, 0.2) is 21.3 Å². The van der Waals surface area contributed by atoms with Gasteiger partial charge in [0.25, 0.3) is 5.91 Å². The minimum Gasteiger partial charge on any atom is -0.493 e. The number of nitrogens with one attached hydrogen (secondary N) is 2. The van der Waals surface area contributed by atoms with Crippen molar-refractivity contribution in [3.05, 3.63) is 35.5 Å². The lowest BCUT2D eigenvalue weighted by molar-refractivity contribution is -0.117. The molecule has 8 nitrogen and oxygen atoms in total. The van der Waals surface area contributed by atoms with Gasteiger partial charge in [0, 0.05) is 12.2 Å². The fraction of sp³-hybridized carbons (Fsp3) is 0.444. The summed E-state index contributed by atoms with van der Waals surface area (Å²) in [4.78, 5) is 12.4. The van der Waals surface area contributed by atoms with Crippen LogP contribution in [0.15, 0.2) is 30.0 Å².